The quantitative estimate of drug-likeness (QED) is 0.479. The molecule has 1 aromatic carbocycles. The highest BCUT2D eigenvalue weighted by Gasteiger charge is 2.20. The molecule has 0 fully saturated rings. The van der Waals surface area contributed by atoms with Gasteiger partial charge in [0.05, 0.1) is 11.1 Å². The molecule has 144 valence electrons. The van der Waals surface area contributed by atoms with Gasteiger partial charge < -0.3 is 9.72 Å². The molecular formula is C18H11F4N3O2S. The van der Waals surface area contributed by atoms with Crippen LogP contribution in [0.3, 0.4) is 0 Å². The number of ether oxygens (including phenoxy) is 1. The fourth-order valence-electron chi connectivity index (χ4n) is 2.95. The number of pyridine rings is 1. The molecular weight excluding hydrogens is 398 g/mol. The largest absolute Gasteiger partial charge is 0.434 e. The SMILES string of the molecule is Cc1cc(C(F)F)nc2sc3c(=O)[nH]c(-c4ccccc4OC(F)F)nc3c12. The molecule has 3 heterocycles. The molecule has 0 saturated heterocycles. The van der Waals surface area contributed by atoms with Crippen LogP contribution in [0, 0.1) is 6.92 Å². The van der Waals surface area contributed by atoms with Crippen LogP contribution < -0.4 is 10.3 Å². The number of hydrogen-bond acceptors (Lipinski definition) is 5. The molecule has 0 aliphatic carbocycles. The van der Waals surface area contributed by atoms with Gasteiger partial charge in [0.2, 0.25) is 0 Å². The van der Waals surface area contributed by atoms with Crippen molar-refractivity contribution < 1.29 is 22.3 Å². The zero-order chi connectivity index (χ0) is 20.0. The highest BCUT2D eigenvalue weighted by atomic mass is 32.1. The van der Waals surface area contributed by atoms with Gasteiger partial charge in [-0.25, -0.2) is 18.7 Å². The first-order chi connectivity index (χ1) is 13.3. The third kappa shape index (κ3) is 3.09. The average molecular weight is 409 g/mol. The van der Waals surface area contributed by atoms with Gasteiger partial charge in [0.25, 0.3) is 12.0 Å². The van der Waals surface area contributed by atoms with Crippen LogP contribution in [0.4, 0.5) is 17.6 Å². The van der Waals surface area contributed by atoms with Crippen LogP contribution >= 0.6 is 11.3 Å². The second-order valence-electron chi connectivity index (χ2n) is 5.91. The molecule has 0 radical (unpaired) electrons. The van der Waals surface area contributed by atoms with Crippen LogP contribution in [0.1, 0.15) is 17.7 Å². The number of thiophene rings is 1. The third-order valence-corrected chi connectivity index (χ3v) is 5.17. The zero-order valence-electron chi connectivity index (χ0n) is 14.2. The summed E-state index contributed by atoms with van der Waals surface area (Å²) >= 11 is 0.951. The van der Waals surface area contributed by atoms with Gasteiger partial charge in [0.15, 0.2) is 0 Å². The summed E-state index contributed by atoms with van der Waals surface area (Å²) in [6.07, 6.45) is -2.74. The average Bonchev–Trinajstić information content (AvgIpc) is 3.01. The molecule has 0 atom stereocenters. The molecule has 3 aromatic heterocycles. The first-order valence-electron chi connectivity index (χ1n) is 8.01. The second kappa shape index (κ2) is 6.86. The molecule has 1 N–H and O–H groups in total. The number of H-pyrrole nitrogens is 1. The van der Waals surface area contributed by atoms with Crippen molar-refractivity contribution in [3.63, 3.8) is 0 Å². The Morgan fingerprint density at radius 3 is 2.61 bits per heavy atom. The Balaban J connectivity index is 1.99. The Hall–Kier alpha value is -3.01. The van der Waals surface area contributed by atoms with E-state index in [9.17, 15) is 22.4 Å². The van der Waals surface area contributed by atoms with Crippen LogP contribution in [0.2, 0.25) is 0 Å². The molecule has 10 heteroatoms. The molecule has 28 heavy (non-hydrogen) atoms. The molecule has 0 amide bonds. The number of nitrogens with one attached hydrogen (secondary N) is 1. The summed E-state index contributed by atoms with van der Waals surface area (Å²) in [5.41, 5.74) is 0.0387. The molecule has 0 bridgehead atoms. The van der Waals surface area contributed by atoms with Gasteiger partial charge >= 0.3 is 6.61 Å². The maximum absolute atomic E-state index is 13.0. The highest BCUT2D eigenvalue weighted by Crippen LogP contribution is 2.35. The van der Waals surface area contributed by atoms with Gasteiger partial charge in [-0.05, 0) is 30.7 Å². The van der Waals surface area contributed by atoms with Gasteiger partial charge in [0.1, 0.15) is 26.8 Å². The van der Waals surface area contributed by atoms with E-state index in [2.05, 4.69) is 19.7 Å². The summed E-state index contributed by atoms with van der Waals surface area (Å²) in [6.45, 7) is -1.42. The molecule has 0 saturated carbocycles. The molecule has 0 unspecified atom stereocenters. The van der Waals surface area contributed by atoms with Crippen molar-refractivity contribution in [3.8, 4) is 17.1 Å². The third-order valence-electron chi connectivity index (χ3n) is 4.10. The van der Waals surface area contributed by atoms with Crippen molar-refractivity contribution in [2.45, 2.75) is 20.0 Å². The number of halogens is 4. The lowest BCUT2D eigenvalue weighted by Crippen LogP contribution is -2.09. The van der Waals surface area contributed by atoms with E-state index in [1.54, 1.807) is 13.0 Å². The van der Waals surface area contributed by atoms with Gasteiger partial charge in [-0.15, -0.1) is 11.3 Å². The van der Waals surface area contributed by atoms with E-state index in [0.717, 1.165) is 11.3 Å². The minimum absolute atomic E-state index is 0.0331. The summed E-state index contributed by atoms with van der Waals surface area (Å²) in [5, 5.41) is 0.476. The predicted octanol–water partition coefficient (Wildman–Crippen LogP) is 5.05. The Morgan fingerprint density at radius 2 is 1.89 bits per heavy atom. The summed E-state index contributed by atoms with van der Waals surface area (Å²) in [6, 6.07) is 7.16. The summed E-state index contributed by atoms with van der Waals surface area (Å²) < 4.78 is 56.1. The molecule has 5 nitrogen and oxygen atoms in total. The lowest BCUT2D eigenvalue weighted by Gasteiger charge is -2.10. The lowest BCUT2D eigenvalue weighted by atomic mass is 10.1. The topological polar surface area (TPSA) is 67.9 Å². The van der Waals surface area contributed by atoms with Gasteiger partial charge in [-0.3, -0.25) is 4.79 Å². The van der Waals surface area contributed by atoms with Gasteiger partial charge in [0, 0.05) is 5.39 Å². The summed E-state index contributed by atoms with van der Waals surface area (Å²) in [4.78, 5) is 23.7. The van der Waals surface area contributed by atoms with Crippen molar-refractivity contribution in [3.05, 3.63) is 51.9 Å². The number of rotatable bonds is 4. The first kappa shape index (κ1) is 18.4. The Labute approximate surface area is 158 Å². The number of aromatic amines is 1. The smallest absolute Gasteiger partial charge is 0.387 e. The number of benzene rings is 1. The number of alkyl halides is 4. The molecule has 0 spiro atoms. The normalized spacial score (nSPS) is 11.8. The molecule has 0 aliphatic rings. The predicted molar refractivity (Wildman–Crippen MR) is 97.3 cm³/mol. The number of hydrogen-bond donors (Lipinski definition) is 1. The highest BCUT2D eigenvalue weighted by molar-refractivity contribution is 7.25. The van der Waals surface area contributed by atoms with Crippen molar-refractivity contribution in [2.75, 3.05) is 0 Å². The molecule has 4 aromatic rings. The zero-order valence-corrected chi connectivity index (χ0v) is 15.0. The van der Waals surface area contributed by atoms with Crippen LogP contribution in [-0.2, 0) is 0 Å². The number of aryl methyl sites for hydroxylation is 1. The Bertz CT molecular complexity index is 1250. The fourth-order valence-corrected chi connectivity index (χ4v) is 4.05. The summed E-state index contributed by atoms with van der Waals surface area (Å²) in [5.74, 6) is -0.111. The van der Waals surface area contributed by atoms with E-state index in [0.29, 0.717) is 10.9 Å². The van der Waals surface area contributed by atoms with Gasteiger partial charge in [-0.2, -0.15) is 8.78 Å². The monoisotopic (exact) mass is 409 g/mol. The van der Waals surface area contributed by atoms with Crippen molar-refractivity contribution in [1.29, 1.82) is 0 Å². The fraction of sp³-hybridized carbons (Fsp3) is 0.167. The van der Waals surface area contributed by atoms with E-state index in [1.807, 2.05) is 0 Å². The lowest BCUT2D eigenvalue weighted by molar-refractivity contribution is -0.0494. The minimum Gasteiger partial charge on any atom is -0.434 e. The number of aromatic nitrogens is 3. The molecule has 4 rings (SSSR count). The van der Waals surface area contributed by atoms with E-state index in [-0.39, 0.29) is 37.9 Å². The minimum atomic E-state index is -3.04. The van der Waals surface area contributed by atoms with Crippen molar-refractivity contribution in [2.24, 2.45) is 0 Å². The van der Waals surface area contributed by atoms with Crippen molar-refractivity contribution >= 4 is 31.8 Å². The first-order valence-corrected chi connectivity index (χ1v) is 8.83. The maximum atomic E-state index is 13.0. The van der Waals surface area contributed by atoms with E-state index < -0.39 is 18.6 Å². The number of nitrogens with zero attached hydrogens (tertiary/aromatic N) is 2. The maximum Gasteiger partial charge on any atom is 0.387 e. The number of para-hydroxylation sites is 1. The van der Waals surface area contributed by atoms with Crippen LogP contribution in [0.5, 0.6) is 5.75 Å². The Kier molecular flexibility index (Phi) is 4.50. The Morgan fingerprint density at radius 1 is 1.14 bits per heavy atom. The van der Waals surface area contributed by atoms with Crippen molar-refractivity contribution in [1.82, 2.24) is 15.0 Å². The van der Waals surface area contributed by atoms with Crippen LogP contribution in [0.15, 0.2) is 35.1 Å². The van der Waals surface area contributed by atoms with E-state index in [4.69, 9.17) is 0 Å². The molecule has 0 aliphatic heterocycles. The number of fused-ring (bicyclic) bond motifs is 3. The van der Waals surface area contributed by atoms with E-state index in [1.165, 1.54) is 24.3 Å². The summed E-state index contributed by atoms with van der Waals surface area (Å²) in [7, 11) is 0. The van der Waals surface area contributed by atoms with Crippen LogP contribution in [-0.4, -0.2) is 21.6 Å². The van der Waals surface area contributed by atoms with Crippen LogP contribution in [0.25, 0.3) is 31.8 Å². The second-order valence-corrected chi connectivity index (χ2v) is 6.91. The van der Waals surface area contributed by atoms with Gasteiger partial charge in [-0.1, -0.05) is 12.1 Å². The standard InChI is InChI=1S/C18H11F4N3O2S/c1-7-6-9(14(19)20)23-17-11(7)12-13(28-17)16(26)25-15(24-12)8-4-2-3-5-10(8)27-18(21)22/h2-6,14,18H,1H3,(H,24,25,26). The van der Waals surface area contributed by atoms with E-state index >= 15 is 0 Å².